The van der Waals surface area contributed by atoms with Crippen molar-refractivity contribution in [3.8, 4) is 11.1 Å². The number of nitrogen functional groups attached to an aromatic ring is 1. The van der Waals surface area contributed by atoms with Gasteiger partial charge in [-0.25, -0.2) is 4.98 Å². The second kappa shape index (κ2) is 4.59. The SMILES string of the molecule is CC(C)(C)c1cc(-c2c[nH]c3ccccc23)c2c(N)n[nH]c2n1. The Morgan fingerprint density at radius 2 is 1.87 bits per heavy atom. The molecule has 0 aliphatic heterocycles. The third kappa shape index (κ3) is 2.08. The molecule has 5 nitrogen and oxygen atoms in total. The third-order valence-corrected chi connectivity index (χ3v) is 4.21. The first kappa shape index (κ1) is 13.8. The van der Waals surface area contributed by atoms with Crippen LogP contribution in [0.25, 0.3) is 33.1 Å². The lowest BCUT2D eigenvalue weighted by Gasteiger charge is -2.19. The van der Waals surface area contributed by atoms with E-state index in [9.17, 15) is 0 Å². The zero-order chi connectivity index (χ0) is 16.2. The molecule has 0 saturated heterocycles. The van der Waals surface area contributed by atoms with Crippen LogP contribution in [-0.2, 0) is 5.41 Å². The number of anilines is 1. The monoisotopic (exact) mass is 305 g/mol. The van der Waals surface area contributed by atoms with Crippen LogP contribution in [-0.4, -0.2) is 20.2 Å². The number of rotatable bonds is 1. The van der Waals surface area contributed by atoms with Crippen molar-refractivity contribution in [2.75, 3.05) is 5.73 Å². The fourth-order valence-electron chi connectivity index (χ4n) is 2.95. The summed E-state index contributed by atoms with van der Waals surface area (Å²) >= 11 is 0. The van der Waals surface area contributed by atoms with Crippen molar-refractivity contribution >= 4 is 27.8 Å². The van der Waals surface area contributed by atoms with Gasteiger partial charge < -0.3 is 10.7 Å². The molecule has 0 saturated carbocycles. The number of hydrogen-bond acceptors (Lipinski definition) is 3. The van der Waals surface area contributed by atoms with Gasteiger partial charge in [0.25, 0.3) is 0 Å². The molecular weight excluding hydrogens is 286 g/mol. The van der Waals surface area contributed by atoms with Crippen LogP contribution in [0.1, 0.15) is 26.5 Å². The maximum atomic E-state index is 6.09. The minimum Gasteiger partial charge on any atom is -0.382 e. The lowest BCUT2D eigenvalue weighted by atomic mass is 9.89. The van der Waals surface area contributed by atoms with Gasteiger partial charge in [-0.15, -0.1) is 0 Å². The Kier molecular flexibility index (Phi) is 2.75. The van der Waals surface area contributed by atoms with E-state index >= 15 is 0 Å². The Morgan fingerprint density at radius 1 is 1.09 bits per heavy atom. The van der Waals surface area contributed by atoms with E-state index in [1.807, 2.05) is 18.3 Å². The van der Waals surface area contributed by atoms with Crippen molar-refractivity contribution in [3.63, 3.8) is 0 Å². The summed E-state index contributed by atoms with van der Waals surface area (Å²) in [5.41, 5.74) is 11.1. The van der Waals surface area contributed by atoms with E-state index in [2.05, 4.69) is 54.2 Å². The molecule has 0 amide bonds. The minimum atomic E-state index is -0.0606. The zero-order valence-electron chi connectivity index (χ0n) is 13.4. The molecule has 1 aromatic carbocycles. The van der Waals surface area contributed by atoms with Gasteiger partial charge in [0.15, 0.2) is 11.5 Å². The molecule has 3 aromatic heterocycles. The molecule has 116 valence electrons. The summed E-state index contributed by atoms with van der Waals surface area (Å²) < 4.78 is 0. The molecular formula is C18H19N5. The predicted octanol–water partition coefficient (Wildman–Crippen LogP) is 3.99. The van der Waals surface area contributed by atoms with E-state index in [1.165, 1.54) is 5.39 Å². The number of nitrogens with two attached hydrogens (primary N) is 1. The van der Waals surface area contributed by atoms with Gasteiger partial charge >= 0.3 is 0 Å². The predicted molar refractivity (Wildman–Crippen MR) is 94.3 cm³/mol. The first-order valence-corrected chi connectivity index (χ1v) is 7.67. The van der Waals surface area contributed by atoms with Crippen LogP contribution in [0.3, 0.4) is 0 Å². The largest absolute Gasteiger partial charge is 0.382 e. The summed E-state index contributed by atoms with van der Waals surface area (Å²) in [6, 6.07) is 10.4. The van der Waals surface area contributed by atoms with Gasteiger partial charge in [-0.1, -0.05) is 39.0 Å². The number of pyridine rings is 1. The van der Waals surface area contributed by atoms with Crippen LogP contribution in [0.5, 0.6) is 0 Å². The number of fused-ring (bicyclic) bond motifs is 2. The molecule has 4 N–H and O–H groups in total. The fraction of sp³-hybridized carbons (Fsp3) is 0.222. The molecule has 23 heavy (non-hydrogen) atoms. The average Bonchev–Trinajstić information content (AvgIpc) is 3.10. The van der Waals surface area contributed by atoms with Crippen LogP contribution in [0.15, 0.2) is 36.5 Å². The van der Waals surface area contributed by atoms with Crippen molar-refractivity contribution in [2.24, 2.45) is 0 Å². The molecule has 0 atom stereocenters. The molecule has 0 spiro atoms. The van der Waals surface area contributed by atoms with Crippen LogP contribution in [0.2, 0.25) is 0 Å². The second-order valence-electron chi connectivity index (χ2n) is 6.89. The molecule has 3 heterocycles. The second-order valence-corrected chi connectivity index (χ2v) is 6.89. The number of nitrogens with zero attached hydrogens (tertiary/aromatic N) is 2. The molecule has 0 aliphatic carbocycles. The van der Waals surface area contributed by atoms with Crippen LogP contribution in [0, 0.1) is 0 Å². The number of aromatic amines is 2. The Morgan fingerprint density at radius 3 is 2.65 bits per heavy atom. The number of hydrogen-bond donors (Lipinski definition) is 3. The van der Waals surface area contributed by atoms with Crippen molar-refractivity contribution < 1.29 is 0 Å². The highest BCUT2D eigenvalue weighted by Crippen LogP contribution is 2.37. The number of nitrogens with one attached hydrogen (secondary N) is 2. The van der Waals surface area contributed by atoms with E-state index in [0.29, 0.717) is 5.82 Å². The van der Waals surface area contributed by atoms with E-state index in [0.717, 1.165) is 33.4 Å². The Balaban J connectivity index is 2.11. The van der Waals surface area contributed by atoms with Gasteiger partial charge in [-0.2, -0.15) is 5.10 Å². The third-order valence-electron chi connectivity index (χ3n) is 4.21. The Hall–Kier alpha value is -2.82. The average molecular weight is 305 g/mol. The smallest absolute Gasteiger partial charge is 0.158 e. The first-order valence-electron chi connectivity index (χ1n) is 7.67. The molecule has 0 aliphatic rings. The number of benzene rings is 1. The lowest BCUT2D eigenvalue weighted by molar-refractivity contribution is 0.571. The number of H-pyrrole nitrogens is 2. The standard InChI is InChI=1S/C18H19N5/c1-18(2,3)14-8-11(15-16(19)22-23-17(15)21-14)12-9-20-13-7-5-4-6-10(12)13/h4-9,20H,1-3H3,(H3,19,21,22,23). The first-order chi connectivity index (χ1) is 10.9. The van der Waals surface area contributed by atoms with E-state index in [4.69, 9.17) is 10.7 Å². The van der Waals surface area contributed by atoms with Gasteiger partial charge in [-0.05, 0) is 12.1 Å². The van der Waals surface area contributed by atoms with E-state index in [1.54, 1.807) is 0 Å². The molecule has 4 aromatic rings. The summed E-state index contributed by atoms with van der Waals surface area (Å²) in [5.74, 6) is 0.480. The maximum Gasteiger partial charge on any atom is 0.158 e. The van der Waals surface area contributed by atoms with Crippen molar-refractivity contribution in [3.05, 3.63) is 42.2 Å². The number of para-hydroxylation sites is 1. The van der Waals surface area contributed by atoms with Crippen molar-refractivity contribution in [1.29, 1.82) is 0 Å². The van der Waals surface area contributed by atoms with Crippen LogP contribution >= 0.6 is 0 Å². The van der Waals surface area contributed by atoms with Gasteiger partial charge in [0.1, 0.15) is 0 Å². The maximum absolute atomic E-state index is 6.09. The number of aromatic nitrogens is 4. The van der Waals surface area contributed by atoms with E-state index < -0.39 is 0 Å². The van der Waals surface area contributed by atoms with Gasteiger partial charge in [-0.3, -0.25) is 5.10 Å². The quantitative estimate of drug-likeness (QED) is 0.497. The summed E-state index contributed by atoms with van der Waals surface area (Å²) in [6.07, 6.45) is 2.03. The molecule has 0 fully saturated rings. The lowest BCUT2D eigenvalue weighted by Crippen LogP contribution is -2.13. The highest BCUT2D eigenvalue weighted by Gasteiger charge is 2.21. The summed E-state index contributed by atoms with van der Waals surface area (Å²) in [4.78, 5) is 8.04. The van der Waals surface area contributed by atoms with Gasteiger partial charge in [0.2, 0.25) is 0 Å². The normalized spacial score (nSPS) is 12.3. The van der Waals surface area contributed by atoms with Gasteiger partial charge in [0.05, 0.1) is 5.39 Å². The Bertz CT molecular complexity index is 1020. The van der Waals surface area contributed by atoms with Crippen LogP contribution in [0.4, 0.5) is 5.82 Å². The summed E-state index contributed by atoms with van der Waals surface area (Å²) in [5, 5.41) is 9.15. The van der Waals surface area contributed by atoms with Crippen LogP contribution < -0.4 is 5.73 Å². The minimum absolute atomic E-state index is 0.0606. The Labute approximate surface area is 133 Å². The topological polar surface area (TPSA) is 83.4 Å². The summed E-state index contributed by atoms with van der Waals surface area (Å²) in [6.45, 7) is 6.46. The van der Waals surface area contributed by atoms with Crippen molar-refractivity contribution in [1.82, 2.24) is 20.2 Å². The highest BCUT2D eigenvalue weighted by molar-refractivity contribution is 6.07. The molecule has 0 bridgehead atoms. The van der Waals surface area contributed by atoms with Gasteiger partial charge in [0, 0.05) is 39.3 Å². The molecule has 0 unspecified atom stereocenters. The fourth-order valence-corrected chi connectivity index (χ4v) is 2.95. The molecule has 0 radical (unpaired) electrons. The highest BCUT2D eigenvalue weighted by atomic mass is 15.2. The molecule has 4 rings (SSSR count). The zero-order valence-corrected chi connectivity index (χ0v) is 13.4. The van der Waals surface area contributed by atoms with Crippen molar-refractivity contribution in [2.45, 2.75) is 26.2 Å². The van der Waals surface area contributed by atoms with E-state index in [-0.39, 0.29) is 5.41 Å². The molecule has 5 heteroatoms. The summed E-state index contributed by atoms with van der Waals surface area (Å²) in [7, 11) is 0.